The highest BCUT2D eigenvalue weighted by Gasteiger charge is 2.45. The molecule has 0 aromatic carbocycles. The van der Waals surface area contributed by atoms with Gasteiger partial charge in [0.25, 0.3) is 0 Å². The smallest absolute Gasteiger partial charge is 0.186 e. The minimum absolute atomic E-state index is 0.0352. The van der Waals surface area contributed by atoms with Gasteiger partial charge in [0.1, 0.15) is 24.4 Å². The summed E-state index contributed by atoms with van der Waals surface area (Å²) in [6, 6.07) is 0. The Kier molecular flexibility index (Phi) is 6.28. The van der Waals surface area contributed by atoms with Gasteiger partial charge >= 0.3 is 0 Å². The third-order valence-corrected chi connectivity index (χ3v) is 2.67. The summed E-state index contributed by atoms with van der Waals surface area (Å²) in [6.45, 7) is -0.232. The van der Waals surface area contributed by atoms with Gasteiger partial charge in [-0.05, 0) is 6.42 Å². The van der Waals surface area contributed by atoms with Gasteiger partial charge in [-0.15, -0.1) is 0 Å². The van der Waals surface area contributed by atoms with Crippen LogP contribution in [0.2, 0.25) is 0 Å². The molecule has 0 radical (unpaired) electrons. The molecule has 0 aromatic heterocycles. The average Bonchev–Trinajstić information content (AvgIpc) is 2.34. The molecular weight excluding hydrogens is 232 g/mol. The van der Waals surface area contributed by atoms with Crippen molar-refractivity contribution in [2.45, 2.75) is 37.1 Å². The summed E-state index contributed by atoms with van der Waals surface area (Å²) in [5.41, 5.74) is 0. The molecule has 0 bridgehead atoms. The number of aliphatic hydroxyl groups excluding tert-OH is 4. The fourth-order valence-corrected chi connectivity index (χ4v) is 1.73. The van der Waals surface area contributed by atoms with Gasteiger partial charge in [-0.3, -0.25) is 0 Å². The summed E-state index contributed by atoms with van der Waals surface area (Å²) < 4.78 is 15.3. The molecule has 102 valence electrons. The van der Waals surface area contributed by atoms with Crippen molar-refractivity contribution in [3.05, 3.63) is 0 Å². The lowest BCUT2D eigenvalue weighted by Crippen LogP contribution is -2.60. The molecular formula is C10H20O7. The van der Waals surface area contributed by atoms with Crippen LogP contribution in [-0.4, -0.2) is 78.1 Å². The number of ether oxygens (including phenoxy) is 3. The maximum absolute atomic E-state index is 9.83. The van der Waals surface area contributed by atoms with E-state index in [4.69, 9.17) is 24.4 Å². The minimum Gasteiger partial charge on any atom is -0.396 e. The van der Waals surface area contributed by atoms with Crippen molar-refractivity contribution >= 4 is 0 Å². The number of rotatable bonds is 6. The van der Waals surface area contributed by atoms with Crippen LogP contribution in [0.25, 0.3) is 0 Å². The quantitative estimate of drug-likeness (QED) is 0.399. The van der Waals surface area contributed by atoms with E-state index in [0.717, 1.165) is 0 Å². The monoisotopic (exact) mass is 252 g/mol. The first kappa shape index (κ1) is 14.8. The second-order valence-electron chi connectivity index (χ2n) is 3.85. The second kappa shape index (κ2) is 7.22. The average molecular weight is 252 g/mol. The molecule has 17 heavy (non-hydrogen) atoms. The summed E-state index contributed by atoms with van der Waals surface area (Å²) in [5.74, 6) is 0. The molecule has 0 spiro atoms. The number of hydrogen-bond donors (Lipinski definition) is 4. The Morgan fingerprint density at radius 2 is 1.88 bits per heavy atom. The van der Waals surface area contributed by atoms with Crippen LogP contribution in [-0.2, 0) is 14.2 Å². The summed E-state index contributed by atoms with van der Waals surface area (Å²) in [4.78, 5) is 0. The van der Waals surface area contributed by atoms with Crippen LogP contribution >= 0.6 is 0 Å². The van der Waals surface area contributed by atoms with E-state index < -0.39 is 37.3 Å². The first-order chi connectivity index (χ1) is 8.15. The van der Waals surface area contributed by atoms with E-state index in [2.05, 4.69) is 0 Å². The predicted molar refractivity (Wildman–Crippen MR) is 56.2 cm³/mol. The Morgan fingerprint density at radius 1 is 1.18 bits per heavy atom. The highest BCUT2D eigenvalue weighted by Crippen LogP contribution is 2.23. The van der Waals surface area contributed by atoms with Crippen molar-refractivity contribution < 1.29 is 34.6 Å². The molecule has 7 nitrogen and oxygen atoms in total. The Balaban J connectivity index is 2.61. The van der Waals surface area contributed by atoms with Gasteiger partial charge in [0.2, 0.25) is 0 Å². The lowest BCUT2D eigenvalue weighted by atomic mass is 9.99. The van der Waals surface area contributed by atoms with Crippen LogP contribution in [0.4, 0.5) is 0 Å². The molecule has 5 atom stereocenters. The molecule has 1 aliphatic rings. The van der Waals surface area contributed by atoms with Crippen LogP contribution < -0.4 is 0 Å². The van der Waals surface area contributed by atoms with Gasteiger partial charge < -0.3 is 34.6 Å². The normalized spacial score (nSPS) is 38.3. The zero-order chi connectivity index (χ0) is 12.8. The summed E-state index contributed by atoms with van der Waals surface area (Å²) >= 11 is 0. The molecule has 1 rings (SSSR count). The molecule has 1 fully saturated rings. The van der Waals surface area contributed by atoms with E-state index in [1.807, 2.05) is 0 Å². The molecule has 1 aliphatic heterocycles. The molecule has 0 aromatic rings. The van der Waals surface area contributed by atoms with E-state index in [-0.39, 0.29) is 13.2 Å². The fraction of sp³-hybridized carbons (Fsp3) is 1.00. The highest BCUT2D eigenvalue weighted by molar-refractivity contribution is 4.90. The van der Waals surface area contributed by atoms with Crippen molar-refractivity contribution in [2.75, 3.05) is 26.9 Å². The van der Waals surface area contributed by atoms with Gasteiger partial charge in [0.15, 0.2) is 6.29 Å². The van der Waals surface area contributed by atoms with Crippen LogP contribution in [0.5, 0.6) is 0 Å². The Bertz CT molecular complexity index is 197. The largest absolute Gasteiger partial charge is 0.396 e. The van der Waals surface area contributed by atoms with Gasteiger partial charge in [0, 0.05) is 20.3 Å². The Labute approximate surface area is 99.5 Å². The predicted octanol–water partition coefficient (Wildman–Crippen LogP) is -2.16. The SMILES string of the molecule is COC1O[C@H](CO)[C@@H](O)[C@@H](OCCCO)[C@@H]1O. The van der Waals surface area contributed by atoms with Crippen LogP contribution in [0.15, 0.2) is 0 Å². The van der Waals surface area contributed by atoms with Crippen molar-refractivity contribution in [1.82, 2.24) is 0 Å². The van der Waals surface area contributed by atoms with Gasteiger partial charge in [-0.25, -0.2) is 0 Å². The van der Waals surface area contributed by atoms with Gasteiger partial charge in [-0.2, -0.15) is 0 Å². The van der Waals surface area contributed by atoms with E-state index >= 15 is 0 Å². The van der Waals surface area contributed by atoms with E-state index in [1.165, 1.54) is 7.11 Å². The zero-order valence-electron chi connectivity index (χ0n) is 9.73. The van der Waals surface area contributed by atoms with Crippen molar-refractivity contribution in [3.63, 3.8) is 0 Å². The molecule has 1 unspecified atom stereocenters. The molecule has 1 heterocycles. The van der Waals surface area contributed by atoms with Crippen molar-refractivity contribution in [3.8, 4) is 0 Å². The van der Waals surface area contributed by atoms with Crippen molar-refractivity contribution in [1.29, 1.82) is 0 Å². The molecule has 0 aliphatic carbocycles. The fourth-order valence-electron chi connectivity index (χ4n) is 1.73. The molecule has 7 heteroatoms. The summed E-state index contributed by atoms with van der Waals surface area (Å²) in [7, 11) is 1.35. The minimum atomic E-state index is -1.14. The zero-order valence-corrected chi connectivity index (χ0v) is 9.73. The van der Waals surface area contributed by atoms with Gasteiger partial charge in [-0.1, -0.05) is 0 Å². The molecule has 1 saturated heterocycles. The van der Waals surface area contributed by atoms with Crippen molar-refractivity contribution in [2.24, 2.45) is 0 Å². The second-order valence-corrected chi connectivity index (χ2v) is 3.85. The van der Waals surface area contributed by atoms with Crippen LogP contribution in [0, 0.1) is 0 Å². The topological polar surface area (TPSA) is 109 Å². The number of hydrogen-bond acceptors (Lipinski definition) is 7. The Hall–Kier alpha value is -0.280. The summed E-state index contributed by atoms with van der Waals surface area (Å²) in [6.07, 6.45) is -4.59. The first-order valence-corrected chi connectivity index (χ1v) is 5.53. The van der Waals surface area contributed by atoms with Crippen LogP contribution in [0.1, 0.15) is 6.42 Å². The lowest BCUT2D eigenvalue weighted by molar-refractivity contribution is -0.301. The maximum atomic E-state index is 9.83. The number of aliphatic hydroxyl groups is 4. The molecule has 0 saturated carbocycles. The Morgan fingerprint density at radius 3 is 2.41 bits per heavy atom. The molecule has 0 amide bonds. The first-order valence-electron chi connectivity index (χ1n) is 5.53. The third-order valence-electron chi connectivity index (χ3n) is 2.67. The van der Waals surface area contributed by atoms with Crippen LogP contribution in [0.3, 0.4) is 0 Å². The molecule has 4 N–H and O–H groups in total. The van der Waals surface area contributed by atoms with Gasteiger partial charge in [0.05, 0.1) is 6.61 Å². The third kappa shape index (κ3) is 3.59. The van der Waals surface area contributed by atoms with E-state index in [0.29, 0.717) is 6.42 Å². The maximum Gasteiger partial charge on any atom is 0.186 e. The lowest BCUT2D eigenvalue weighted by Gasteiger charge is -2.41. The summed E-state index contributed by atoms with van der Waals surface area (Å²) in [5, 5.41) is 37.3. The van der Waals surface area contributed by atoms with E-state index in [1.54, 1.807) is 0 Å². The standard InChI is InChI=1S/C10H20O7/c1-15-10-8(14)9(16-4-2-3-11)7(13)6(5-12)17-10/h6-14H,2-5H2,1H3/t6-,7-,8+,9-,10?/m1/s1. The van der Waals surface area contributed by atoms with E-state index in [9.17, 15) is 10.2 Å². The highest BCUT2D eigenvalue weighted by atomic mass is 16.7. The number of methoxy groups -OCH3 is 1.